The van der Waals surface area contributed by atoms with E-state index in [9.17, 15) is 8.78 Å². The molecule has 2 aromatic rings. The zero-order valence-corrected chi connectivity index (χ0v) is 10.2. The van der Waals surface area contributed by atoms with Crippen LogP contribution in [0.4, 0.5) is 8.78 Å². The molecule has 0 aromatic heterocycles. The Morgan fingerprint density at radius 3 is 2.37 bits per heavy atom. The summed E-state index contributed by atoms with van der Waals surface area (Å²) in [7, 11) is 0. The second-order valence-corrected chi connectivity index (χ2v) is 4.79. The number of fused-ring (bicyclic) bond motifs is 1. The summed E-state index contributed by atoms with van der Waals surface area (Å²) in [5.41, 5.74) is 4.90. The van der Waals surface area contributed by atoms with Crippen LogP contribution in [-0.4, -0.2) is 0 Å². The van der Waals surface area contributed by atoms with Crippen molar-refractivity contribution in [2.75, 3.05) is 0 Å². The number of rotatable bonds is 3. The van der Waals surface area contributed by atoms with E-state index in [1.54, 1.807) is 0 Å². The molecule has 0 spiro atoms. The smallest absolute Gasteiger partial charge is 0.130 e. The highest BCUT2D eigenvalue weighted by atomic mass is 19.1. The van der Waals surface area contributed by atoms with Gasteiger partial charge in [0.1, 0.15) is 11.6 Å². The third kappa shape index (κ3) is 1.93. The van der Waals surface area contributed by atoms with Crippen LogP contribution in [0.3, 0.4) is 0 Å². The zero-order valence-electron chi connectivity index (χ0n) is 10.2. The van der Waals surface area contributed by atoms with E-state index in [-0.39, 0.29) is 11.5 Å². The maximum atomic E-state index is 13.8. The number of nitrogens with one attached hydrogen (secondary N) is 1. The molecule has 0 saturated carbocycles. The van der Waals surface area contributed by atoms with Crippen LogP contribution < -0.4 is 11.3 Å². The first kappa shape index (κ1) is 12.3. The molecule has 2 atom stereocenters. The Balaban J connectivity index is 2.00. The summed E-state index contributed by atoms with van der Waals surface area (Å²) in [6, 6.07) is 11.2. The fourth-order valence-electron chi connectivity index (χ4n) is 2.80. The van der Waals surface area contributed by atoms with Crippen LogP contribution in [-0.2, 0) is 6.42 Å². The molecule has 3 rings (SSSR count). The molecular weight excluding hydrogens is 246 g/mol. The van der Waals surface area contributed by atoms with Gasteiger partial charge in [0.05, 0.1) is 6.04 Å². The van der Waals surface area contributed by atoms with E-state index in [1.165, 1.54) is 23.8 Å². The molecule has 0 radical (unpaired) electrons. The molecule has 2 unspecified atom stereocenters. The molecule has 0 bridgehead atoms. The molecule has 98 valence electrons. The van der Waals surface area contributed by atoms with Crippen LogP contribution in [0.15, 0.2) is 42.5 Å². The van der Waals surface area contributed by atoms with Crippen LogP contribution in [0, 0.1) is 11.6 Å². The Bertz CT molecular complexity index is 593. The van der Waals surface area contributed by atoms with Gasteiger partial charge in [0.25, 0.3) is 0 Å². The van der Waals surface area contributed by atoms with Crippen molar-refractivity contribution in [2.45, 2.75) is 18.4 Å². The van der Waals surface area contributed by atoms with Gasteiger partial charge in [-0.1, -0.05) is 30.3 Å². The molecule has 0 fully saturated rings. The fraction of sp³-hybridized carbons (Fsp3) is 0.200. The molecule has 2 nitrogen and oxygen atoms in total. The van der Waals surface area contributed by atoms with E-state index < -0.39 is 17.7 Å². The predicted octanol–water partition coefficient (Wildman–Crippen LogP) is 2.81. The summed E-state index contributed by atoms with van der Waals surface area (Å²) in [6.07, 6.45) is 0.777. The summed E-state index contributed by atoms with van der Waals surface area (Å²) >= 11 is 0. The van der Waals surface area contributed by atoms with Gasteiger partial charge in [-0.15, -0.1) is 0 Å². The molecule has 3 N–H and O–H groups in total. The first-order chi connectivity index (χ1) is 9.22. The lowest BCUT2D eigenvalue weighted by Crippen LogP contribution is -2.38. The lowest BCUT2D eigenvalue weighted by Gasteiger charge is -2.36. The van der Waals surface area contributed by atoms with E-state index in [2.05, 4.69) is 5.43 Å². The number of hydrazine groups is 1. The Kier molecular flexibility index (Phi) is 3.05. The number of hydrogen-bond acceptors (Lipinski definition) is 2. The SMILES string of the molecule is NNC(c1c(F)cccc1F)C1Cc2ccccc21. The third-order valence-electron chi connectivity index (χ3n) is 3.79. The minimum atomic E-state index is -0.563. The maximum Gasteiger partial charge on any atom is 0.130 e. The zero-order chi connectivity index (χ0) is 13.4. The Labute approximate surface area is 110 Å². The van der Waals surface area contributed by atoms with E-state index in [4.69, 9.17) is 5.84 Å². The van der Waals surface area contributed by atoms with E-state index in [0.29, 0.717) is 0 Å². The van der Waals surface area contributed by atoms with Crippen molar-refractivity contribution in [2.24, 2.45) is 5.84 Å². The van der Waals surface area contributed by atoms with Gasteiger partial charge in [-0.05, 0) is 29.7 Å². The van der Waals surface area contributed by atoms with Gasteiger partial charge >= 0.3 is 0 Å². The summed E-state index contributed by atoms with van der Waals surface area (Å²) in [4.78, 5) is 0. The molecule has 0 heterocycles. The van der Waals surface area contributed by atoms with E-state index >= 15 is 0 Å². The molecule has 1 aliphatic carbocycles. The second kappa shape index (κ2) is 4.72. The molecule has 0 amide bonds. The standard InChI is InChI=1S/C15H14F2N2/c16-12-6-3-7-13(17)14(12)15(19-18)11-8-9-4-1-2-5-10(9)11/h1-7,11,15,19H,8,18H2. The average molecular weight is 260 g/mol. The van der Waals surface area contributed by atoms with Crippen LogP contribution in [0.25, 0.3) is 0 Å². The molecule has 19 heavy (non-hydrogen) atoms. The Morgan fingerprint density at radius 2 is 1.74 bits per heavy atom. The molecule has 0 saturated heterocycles. The van der Waals surface area contributed by atoms with Gasteiger partial charge in [0.2, 0.25) is 0 Å². The average Bonchev–Trinajstić information content (AvgIpc) is 2.38. The van der Waals surface area contributed by atoms with Crippen molar-refractivity contribution in [3.05, 3.63) is 70.8 Å². The van der Waals surface area contributed by atoms with Gasteiger partial charge in [0, 0.05) is 11.5 Å². The first-order valence-electron chi connectivity index (χ1n) is 6.20. The van der Waals surface area contributed by atoms with Gasteiger partial charge in [-0.3, -0.25) is 11.3 Å². The topological polar surface area (TPSA) is 38.0 Å². The third-order valence-corrected chi connectivity index (χ3v) is 3.79. The van der Waals surface area contributed by atoms with Crippen molar-refractivity contribution < 1.29 is 8.78 Å². The lowest BCUT2D eigenvalue weighted by atomic mass is 9.72. The van der Waals surface area contributed by atoms with Crippen molar-refractivity contribution in [3.8, 4) is 0 Å². The number of hydrogen-bond donors (Lipinski definition) is 2. The number of halogens is 2. The van der Waals surface area contributed by atoms with Gasteiger partial charge < -0.3 is 0 Å². The first-order valence-corrected chi connectivity index (χ1v) is 6.20. The number of benzene rings is 2. The molecule has 0 aliphatic heterocycles. The summed E-state index contributed by atoms with van der Waals surface area (Å²) in [5, 5.41) is 0. The number of nitrogens with two attached hydrogens (primary N) is 1. The van der Waals surface area contributed by atoms with Gasteiger partial charge in [-0.2, -0.15) is 0 Å². The maximum absolute atomic E-state index is 13.8. The van der Waals surface area contributed by atoms with Crippen molar-refractivity contribution in [1.82, 2.24) is 5.43 Å². The van der Waals surface area contributed by atoms with E-state index in [0.717, 1.165) is 12.0 Å². The quantitative estimate of drug-likeness (QED) is 0.658. The molecule has 1 aliphatic rings. The summed E-state index contributed by atoms with van der Waals surface area (Å²) in [6.45, 7) is 0. The van der Waals surface area contributed by atoms with Gasteiger partial charge in [-0.25, -0.2) is 8.78 Å². The largest absolute Gasteiger partial charge is 0.271 e. The molecular formula is C15H14F2N2. The highest BCUT2D eigenvalue weighted by Crippen LogP contribution is 2.44. The Hall–Kier alpha value is -1.78. The highest BCUT2D eigenvalue weighted by Gasteiger charge is 2.35. The summed E-state index contributed by atoms with van der Waals surface area (Å²) < 4.78 is 27.7. The van der Waals surface area contributed by atoms with Crippen LogP contribution in [0.2, 0.25) is 0 Å². The molecule has 4 heteroatoms. The fourth-order valence-corrected chi connectivity index (χ4v) is 2.80. The Morgan fingerprint density at radius 1 is 1.05 bits per heavy atom. The monoisotopic (exact) mass is 260 g/mol. The van der Waals surface area contributed by atoms with Crippen molar-refractivity contribution >= 4 is 0 Å². The van der Waals surface area contributed by atoms with Crippen LogP contribution >= 0.6 is 0 Å². The lowest BCUT2D eigenvalue weighted by molar-refractivity contribution is 0.388. The van der Waals surface area contributed by atoms with Crippen LogP contribution in [0.5, 0.6) is 0 Å². The van der Waals surface area contributed by atoms with Crippen LogP contribution in [0.1, 0.15) is 28.7 Å². The van der Waals surface area contributed by atoms with Crippen molar-refractivity contribution in [1.29, 1.82) is 0 Å². The second-order valence-electron chi connectivity index (χ2n) is 4.79. The summed E-state index contributed by atoms with van der Waals surface area (Å²) in [5.74, 6) is 4.41. The minimum Gasteiger partial charge on any atom is -0.271 e. The highest BCUT2D eigenvalue weighted by molar-refractivity contribution is 5.43. The van der Waals surface area contributed by atoms with E-state index in [1.807, 2.05) is 24.3 Å². The predicted molar refractivity (Wildman–Crippen MR) is 69.3 cm³/mol. The van der Waals surface area contributed by atoms with Crippen molar-refractivity contribution in [3.63, 3.8) is 0 Å². The molecule has 2 aromatic carbocycles. The minimum absolute atomic E-state index is 0.00704. The normalized spacial score (nSPS) is 18.6. The van der Waals surface area contributed by atoms with Gasteiger partial charge in [0.15, 0.2) is 0 Å².